The van der Waals surface area contributed by atoms with Crippen LogP contribution in [-0.4, -0.2) is 21.1 Å². The van der Waals surface area contributed by atoms with Gasteiger partial charge in [0.15, 0.2) is 0 Å². The molecule has 2 rings (SSSR count). The van der Waals surface area contributed by atoms with Gasteiger partial charge in [-0.25, -0.2) is 0 Å². The Hall–Kier alpha value is -0.810. The van der Waals surface area contributed by atoms with Crippen molar-refractivity contribution < 1.29 is 0 Å². The predicted molar refractivity (Wildman–Crippen MR) is 61.8 cm³/mol. The lowest BCUT2D eigenvalue weighted by molar-refractivity contribution is 0.484. The molecule has 82 valence electrons. The van der Waals surface area contributed by atoms with Crippen LogP contribution >= 0.6 is 11.8 Å². The number of nitrogens with zero attached hydrogens (tertiary/aromatic N) is 2. The highest BCUT2D eigenvalue weighted by atomic mass is 32.2. The van der Waals surface area contributed by atoms with Crippen molar-refractivity contribution in [1.29, 1.82) is 0 Å². The summed E-state index contributed by atoms with van der Waals surface area (Å²) in [5, 5.41) is 0. The van der Waals surface area contributed by atoms with Crippen molar-refractivity contribution in [2.45, 2.75) is 19.5 Å². The zero-order valence-electron chi connectivity index (χ0n) is 8.56. The second kappa shape index (κ2) is 4.81. The third kappa shape index (κ3) is 2.60. The van der Waals surface area contributed by atoms with E-state index in [9.17, 15) is 4.79 Å². The Labute approximate surface area is 92.9 Å². The molecule has 0 spiro atoms. The first-order valence-electron chi connectivity index (χ1n) is 5.12. The molecule has 1 fully saturated rings. The summed E-state index contributed by atoms with van der Waals surface area (Å²) in [6, 6.07) is 0. The first-order chi connectivity index (χ1) is 7.29. The summed E-state index contributed by atoms with van der Waals surface area (Å²) >= 11 is 1.99. The fourth-order valence-corrected chi connectivity index (χ4v) is 3.04. The zero-order valence-corrected chi connectivity index (χ0v) is 9.37. The van der Waals surface area contributed by atoms with E-state index in [4.69, 9.17) is 5.73 Å². The van der Waals surface area contributed by atoms with Gasteiger partial charge in [0, 0.05) is 24.8 Å². The molecular formula is C10H15N3OS. The molecule has 0 aliphatic carbocycles. The van der Waals surface area contributed by atoms with Crippen molar-refractivity contribution in [1.82, 2.24) is 9.55 Å². The van der Waals surface area contributed by atoms with Gasteiger partial charge in [0.1, 0.15) is 0 Å². The lowest BCUT2D eigenvalue weighted by Crippen LogP contribution is -2.20. The highest BCUT2D eigenvalue weighted by Crippen LogP contribution is 2.24. The van der Waals surface area contributed by atoms with Crippen molar-refractivity contribution in [3.63, 3.8) is 0 Å². The minimum Gasteiger partial charge on any atom is -0.338 e. The molecule has 0 bridgehead atoms. The third-order valence-electron chi connectivity index (χ3n) is 2.63. The second-order valence-electron chi connectivity index (χ2n) is 3.83. The highest BCUT2D eigenvalue weighted by molar-refractivity contribution is 7.99. The number of nitrogens with two attached hydrogens (primary N) is 1. The van der Waals surface area contributed by atoms with Gasteiger partial charge in [0.05, 0.1) is 6.33 Å². The van der Waals surface area contributed by atoms with Gasteiger partial charge in [-0.15, -0.1) is 0 Å². The molecule has 1 saturated heterocycles. The zero-order chi connectivity index (χ0) is 10.7. The molecule has 0 saturated carbocycles. The standard InChI is InChI=1S/C10H15N3OS/c11-3-9-5-13(7-12-10(9)14)4-8-1-2-15-6-8/h5,7-8H,1-4,6,11H2. The molecule has 1 aromatic heterocycles. The SMILES string of the molecule is NCc1cn(CC2CCSC2)cnc1=O. The maximum absolute atomic E-state index is 11.2. The third-order valence-corrected chi connectivity index (χ3v) is 3.86. The maximum Gasteiger partial charge on any atom is 0.277 e. The van der Waals surface area contributed by atoms with Gasteiger partial charge < -0.3 is 10.3 Å². The summed E-state index contributed by atoms with van der Waals surface area (Å²) in [4.78, 5) is 15.0. The van der Waals surface area contributed by atoms with Crippen LogP contribution in [0, 0.1) is 5.92 Å². The van der Waals surface area contributed by atoms with Crippen molar-refractivity contribution in [2.24, 2.45) is 11.7 Å². The first-order valence-corrected chi connectivity index (χ1v) is 6.28. The smallest absolute Gasteiger partial charge is 0.277 e. The molecule has 1 aromatic rings. The Bertz CT molecular complexity index is 384. The van der Waals surface area contributed by atoms with E-state index in [0.717, 1.165) is 6.54 Å². The lowest BCUT2D eigenvalue weighted by Gasteiger charge is -2.11. The molecule has 0 radical (unpaired) electrons. The van der Waals surface area contributed by atoms with Gasteiger partial charge in [-0.1, -0.05) is 0 Å². The molecule has 0 aromatic carbocycles. The van der Waals surface area contributed by atoms with Crippen molar-refractivity contribution in [2.75, 3.05) is 11.5 Å². The highest BCUT2D eigenvalue weighted by Gasteiger charge is 2.15. The molecule has 1 unspecified atom stereocenters. The van der Waals surface area contributed by atoms with E-state index < -0.39 is 0 Å². The number of hydrogen-bond acceptors (Lipinski definition) is 4. The van der Waals surface area contributed by atoms with Crippen LogP contribution in [0.3, 0.4) is 0 Å². The lowest BCUT2D eigenvalue weighted by atomic mass is 10.1. The van der Waals surface area contributed by atoms with Crippen LogP contribution in [0.25, 0.3) is 0 Å². The molecule has 2 heterocycles. The monoisotopic (exact) mass is 225 g/mol. The Kier molecular flexibility index (Phi) is 3.43. The largest absolute Gasteiger partial charge is 0.338 e. The van der Waals surface area contributed by atoms with Gasteiger partial charge in [0.2, 0.25) is 0 Å². The van der Waals surface area contributed by atoms with Gasteiger partial charge >= 0.3 is 0 Å². The summed E-state index contributed by atoms with van der Waals surface area (Å²) < 4.78 is 1.99. The summed E-state index contributed by atoms with van der Waals surface area (Å²) in [5.74, 6) is 3.18. The molecule has 1 atom stereocenters. The molecule has 0 amide bonds. The van der Waals surface area contributed by atoms with Gasteiger partial charge in [-0.2, -0.15) is 16.7 Å². The van der Waals surface area contributed by atoms with E-state index in [0.29, 0.717) is 11.5 Å². The number of rotatable bonds is 3. The van der Waals surface area contributed by atoms with Crippen LogP contribution in [0.2, 0.25) is 0 Å². The Balaban J connectivity index is 2.11. The summed E-state index contributed by atoms with van der Waals surface area (Å²) in [5.41, 5.74) is 5.87. The quantitative estimate of drug-likeness (QED) is 0.811. The van der Waals surface area contributed by atoms with Crippen molar-refractivity contribution in [3.05, 3.63) is 28.4 Å². The average Bonchev–Trinajstić information content (AvgIpc) is 2.73. The van der Waals surface area contributed by atoms with Gasteiger partial charge in [-0.05, 0) is 23.8 Å². The first kappa shape index (κ1) is 10.7. The van der Waals surface area contributed by atoms with Gasteiger partial charge in [0.25, 0.3) is 5.56 Å². The Morgan fingerprint density at radius 3 is 3.20 bits per heavy atom. The summed E-state index contributed by atoms with van der Waals surface area (Å²) in [6.45, 7) is 1.22. The number of thioether (sulfide) groups is 1. The van der Waals surface area contributed by atoms with E-state index in [-0.39, 0.29) is 12.1 Å². The van der Waals surface area contributed by atoms with Crippen LogP contribution in [0.15, 0.2) is 17.3 Å². The number of hydrogen-bond donors (Lipinski definition) is 1. The van der Waals surface area contributed by atoms with E-state index in [1.165, 1.54) is 17.9 Å². The summed E-state index contributed by atoms with van der Waals surface area (Å²) in [7, 11) is 0. The fraction of sp³-hybridized carbons (Fsp3) is 0.600. The molecule has 1 aliphatic heterocycles. The Morgan fingerprint density at radius 2 is 2.53 bits per heavy atom. The van der Waals surface area contributed by atoms with E-state index in [1.54, 1.807) is 6.33 Å². The molecular weight excluding hydrogens is 210 g/mol. The minimum absolute atomic E-state index is 0.199. The number of aromatic nitrogens is 2. The summed E-state index contributed by atoms with van der Waals surface area (Å²) in [6.07, 6.45) is 4.71. The van der Waals surface area contributed by atoms with Gasteiger partial charge in [-0.3, -0.25) is 4.79 Å². The normalized spacial score (nSPS) is 20.7. The minimum atomic E-state index is -0.199. The van der Waals surface area contributed by atoms with Crippen LogP contribution in [0.4, 0.5) is 0 Å². The molecule has 5 heteroatoms. The van der Waals surface area contributed by atoms with Crippen molar-refractivity contribution in [3.8, 4) is 0 Å². The molecule has 2 N–H and O–H groups in total. The second-order valence-corrected chi connectivity index (χ2v) is 4.98. The maximum atomic E-state index is 11.2. The van der Waals surface area contributed by atoms with E-state index in [2.05, 4.69) is 4.98 Å². The van der Waals surface area contributed by atoms with Crippen LogP contribution in [0.1, 0.15) is 12.0 Å². The van der Waals surface area contributed by atoms with Crippen molar-refractivity contribution >= 4 is 11.8 Å². The Morgan fingerprint density at radius 1 is 1.67 bits per heavy atom. The molecule has 4 nitrogen and oxygen atoms in total. The van der Waals surface area contributed by atoms with E-state index in [1.807, 2.05) is 22.5 Å². The average molecular weight is 225 g/mol. The van der Waals surface area contributed by atoms with Crippen LogP contribution in [-0.2, 0) is 13.1 Å². The molecule has 1 aliphatic rings. The van der Waals surface area contributed by atoms with Crippen LogP contribution in [0.5, 0.6) is 0 Å². The fourth-order valence-electron chi connectivity index (χ4n) is 1.76. The molecule has 15 heavy (non-hydrogen) atoms. The topological polar surface area (TPSA) is 60.9 Å². The van der Waals surface area contributed by atoms with E-state index >= 15 is 0 Å². The van der Waals surface area contributed by atoms with Crippen LogP contribution < -0.4 is 11.3 Å². The predicted octanol–water partition coefficient (Wildman–Crippen LogP) is 0.455.